The predicted molar refractivity (Wildman–Crippen MR) is 86.1 cm³/mol. The summed E-state index contributed by atoms with van der Waals surface area (Å²) in [5.41, 5.74) is 8.61. The van der Waals surface area contributed by atoms with Crippen LogP contribution in [0.3, 0.4) is 0 Å². The second kappa shape index (κ2) is 6.49. The van der Waals surface area contributed by atoms with Crippen LogP contribution in [-0.4, -0.2) is 35.0 Å². The first-order valence-electron chi connectivity index (χ1n) is 6.87. The van der Waals surface area contributed by atoms with E-state index in [1.54, 1.807) is 0 Å². The lowest BCUT2D eigenvalue weighted by Crippen LogP contribution is -2.44. The zero-order valence-corrected chi connectivity index (χ0v) is 13.5. The second-order valence-corrected chi connectivity index (χ2v) is 7.78. The molecule has 1 aliphatic rings. The number of benzene rings is 1. The quantitative estimate of drug-likeness (QED) is 0.926. The molecule has 1 aromatic rings. The van der Waals surface area contributed by atoms with E-state index in [-0.39, 0.29) is 0 Å². The van der Waals surface area contributed by atoms with Crippen molar-refractivity contribution >= 4 is 23.4 Å². The van der Waals surface area contributed by atoms with Crippen molar-refractivity contribution in [1.29, 1.82) is 0 Å². The SMILES string of the molecule is Cc1cc(Cl)ccc1C(CN)N1CC(C)SC(C)C1. The zero-order valence-electron chi connectivity index (χ0n) is 11.9. The molecule has 19 heavy (non-hydrogen) atoms. The largest absolute Gasteiger partial charge is 0.329 e. The third-order valence-electron chi connectivity index (χ3n) is 3.70. The summed E-state index contributed by atoms with van der Waals surface area (Å²) in [6, 6.07) is 6.44. The van der Waals surface area contributed by atoms with Crippen molar-refractivity contribution in [3.63, 3.8) is 0 Å². The highest BCUT2D eigenvalue weighted by atomic mass is 35.5. The molecule has 106 valence electrons. The van der Waals surface area contributed by atoms with Gasteiger partial charge in [-0.3, -0.25) is 4.90 Å². The van der Waals surface area contributed by atoms with Crippen LogP contribution in [0.5, 0.6) is 0 Å². The molecule has 1 aromatic carbocycles. The molecule has 2 N–H and O–H groups in total. The minimum absolute atomic E-state index is 0.308. The molecule has 0 amide bonds. The molecule has 4 heteroatoms. The molecular formula is C15H23ClN2S. The van der Waals surface area contributed by atoms with Crippen LogP contribution in [0.15, 0.2) is 18.2 Å². The molecule has 1 heterocycles. The van der Waals surface area contributed by atoms with Crippen molar-refractivity contribution in [3.8, 4) is 0 Å². The maximum absolute atomic E-state index is 6.05. The molecule has 3 atom stereocenters. The van der Waals surface area contributed by atoms with E-state index in [1.165, 1.54) is 11.1 Å². The molecule has 0 spiro atoms. The van der Waals surface area contributed by atoms with Crippen LogP contribution >= 0.6 is 23.4 Å². The van der Waals surface area contributed by atoms with Crippen LogP contribution in [0, 0.1) is 6.92 Å². The first kappa shape index (κ1) is 15.2. The molecule has 3 unspecified atom stereocenters. The van der Waals surface area contributed by atoms with Crippen LogP contribution < -0.4 is 5.73 Å². The first-order valence-corrected chi connectivity index (χ1v) is 8.19. The number of halogens is 1. The Labute approximate surface area is 125 Å². The number of nitrogens with two attached hydrogens (primary N) is 1. The minimum Gasteiger partial charge on any atom is -0.329 e. The molecule has 1 aliphatic heterocycles. The number of thioether (sulfide) groups is 1. The maximum atomic E-state index is 6.05. The van der Waals surface area contributed by atoms with Gasteiger partial charge in [-0.1, -0.05) is 31.5 Å². The Balaban J connectivity index is 2.23. The predicted octanol–water partition coefficient (Wildman–Crippen LogP) is 3.47. The fraction of sp³-hybridized carbons (Fsp3) is 0.600. The number of hydrogen-bond donors (Lipinski definition) is 1. The molecule has 0 bridgehead atoms. The lowest BCUT2D eigenvalue weighted by molar-refractivity contribution is 0.199. The van der Waals surface area contributed by atoms with Gasteiger partial charge in [-0.15, -0.1) is 0 Å². The number of aryl methyl sites for hydroxylation is 1. The molecular weight excluding hydrogens is 276 g/mol. The zero-order chi connectivity index (χ0) is 14.0. The average molecular weight is 299 g/mol. The Bertz CT molecular complexity index is 428. The van der Waals surface area contributed by atoms with E-state index in [1.807, 2.05) is 12.1 Å². The fourth-order valence-corrected chi connectivity index (χ4v) is 4.53. The van der Waals surface area contributed by atoms with E-state index in [0.717, 1.165) is 18.1 Å². The topological polar surface area (TPSA) is 29.3 Å². The lowest BCUT2D eigenvalue weighted by atomic mass is 9.99. The highest BCUT2D eigenvalue weighted by molar-refractivity contribution is 8.00. The Morgan fingerprint density at radius 1 is 1.37 bits per heavy atom. The van der Waals surface area contributed by atoms with Crippen molar-refractivity contribution < 1.29 is 0 Å². The Kier molecular flexibility index (Phi) is 5.18. The van der Waals surface area contributed by atoms with Gasteiger partial charge in [0, 0.05) is 41.2 Å². The molecule has 1 saturated heterocycles. The summed E-state index contributed by atoms with van der Waals surface area (Å²) >= 11 is 8.12. The summed E-state index contributed by atoms with van der Waals surface area (Å²) in [4.78, 5) is 2.53. The summed E-state index contributed by atoms with van der Waals surface area (Å²) in [7, 11) is 0. The van der Waals surface area contributed by atoms with Gasteiger partial charge in [0.1, 0.15) is 0 Å². The summed E-state index contributed by atoms with van der Waals surface area (Å²) in [5, 5.41) is 2.14. The summed E-state index contributed by atoms with van der Waals surface area (Å²) in [6.07, 6.45) is 0. The van der Waals surface area contributed by atoms with Crippen LogP contribution in [-0.2, 0) is 0 Å². The van der Waals surface area contributed by atoms with Crippen molar-refractivity contribution in [1.82, 2.24) is 4.90 Å². The molecule has 2 nitrogen and oxygen atoms in total. The highest BCUT2D eigenvalue weighted by Crippen LogP contribution is 2.32. The first-order chi connectivity index (χ1) is 9.01. The van der Waals surface area contributed by atoms with E-state index in [0.29, 0.717) is 23.1 Å². The van der Waals surface area contributed by atoms with Crippen LogP contribution in [0.2, 0.25) is 5.02 Å². The van der Waals surface area contributed by atoms with Crippen LogP contribution in [0.4, 0.5) is 0 Å². The van der Waals surface area contributed by atoms with E-state index in [9.17, 15) is 0 Å². The van der Waals surface area contributed by atoms with Gasteiger partial charge < -0.3 is 5.73 Å². The molecule has 0 aliphatic carbocycles. The smallest absolute Gasteiger partial charge is 0.0473 e. The third kappa shape index (κ3) is 3.66. The Morgan fingerprint density at radius 3 is 2.53 bits per heavy atom. The molecule has 2 rings (SSSR count). The minimum atomic E-state index is 0.308. The maximum Gasteiger partial charge on any atom is 0.0473 e. The third-order valence-corrected chi connectivity index (χ3v) is 5.17. The molecule has 0 saturated carbocycles. The standard InChI is InChI=1S/C15H23ClN2S/c1-10-6-13(16)4-5-14(10)15(7-17)18-8-11(2)19-12(3)9-18/h4-6,11-12,15H,7-9,17H2,1-3H3. The van der Waals surface area contributed by atoms with E-state index in [2.05, 4.69) is 43.5 Å². The van der Waals surface area contributed by atoms with Gasteiger partial charge in [0.05, 0.1) is 0 Å². The number of rotatable bonds is 3. The number of hydrogen-bond acceptors (Lipinski definition) is 3. The Hall–Kier alpha value is -0.220. The monoisotopic (exact) mass is 298 g/mol. The van der Waals surface area contributed by atoms with Crippen molar-refractivity contribution in [2.75, 3.05) is 19.6 Å². The van der Waals surface area contributed by atoms with Crippen LogP contribution in [0.1, 0.15) is 31.0 Å². The fourth-order valence-electron chi connectivity index (χ4n) is 2.96. The van der Waals surface area contributed by atoms with Crippen molar-refractivity contribution in [2.45, 2.75) is 37.3 Å². The van der Waals surface area contributed by atoms with Gasteiger partial charge in [0.2, 0.25) is 0 Å². The molecule has 0 aromatic heterocycles. The van der Waals surface area contributed by atoms with Gasteiger partial charge in [-0.2, -0.15) is 11.8 Å². The van der Waals surface area contributed by atoms with E-state index >= 15 is 0 Å². The van der Waals surface area contributed by atoms with E-state index in [4.69, 9.17) is 17.3 Å². The van der Waals surface area contributed by atoms with Gasteiger partial charge >= 0.3 is 0 Å². The summed E-state index contributed by atoms with van der Waals surface area (Å²) in [6.45, 7) is 9.60. The molecule has 1 fully saturated rings. The highest BCUT2D eigenvalue weighted by Gasteiger charge is 2.28. The molecule has 0 radical (unpaired) electrons. The Morgan fingerprint density at radius 2 is 2.00 bits per heavy atom. The summed E-state index contributed by atoms with van der Waals surface area (Å²) < 4.78 is 0. The van der Waals surface area contributed by atoms with E-state index < -0.39 is 0 Å². The average Bonchev–Trinajstić information content (AvgIpc) is 2.31. The second-order valence-electron chi connectivity index (χ2n) is 5.46. The summed E-state index contributed by atoms with van der Waals surface area (Å²) in [5.74, 6) is 0. The van der Waals surface area contributed by atoms with Gasteiger partial charge in [0.25, 0.3) is 0 Å². The number of nitrogens with zero attached hydrogens (tertiary/aromatic N) is 1. The van der Waals surface area contributed by atoms with Gasteiger partial charge in [0.15, 0.2) is 0 Å². The normalized spacial score (nSPS) is 26.4. The van der Waals surface area contributed by atoms with Crippen LogP contribution in [0.25, 0.3) is 0 Å². The van der Waals surface area contributed by atoms with Gasteiger partial charge in [-0.25, -0.2) is 0 Å². The van der Waals surface area contributed by atoms with Gasteiger partial charge in [-0.05, 0) is 30.2 Å². The van der Waals surface area contributed by atoms with Crippen molar-refractivity contribution in [3.05, 3.63) is 34.3 Å². The lowest BCUT2D eigenvalue weighted by Gasteiger charge is -2.40. The van der Waals surface area contributed by atoms with Crippen molar-refractivity contribution in [2.24, 2.45) is 5.73 Å².